The molecule has 0 aliphatic carbocycles. The van der Waals surface area contributed by atoms with E-state index in [4.69, 9.17) is 9.15 Å². The van der Waals surface area contributed by atoms with Crippen LogP contribution in [-0.2, 0) is 0 Å². The molecular weight excluding hydrogens is 362 g/mol. The number of ether oxygens (including phenoxy) is 1. The Hall–Kier alpha value is -2.67. The van der Waals surface area contributed by atoms with Gasteiger partial charge >= 0.3 is 11.8 Å². The third-order valence-corrected chi connectivity index (χ3v) is 3.59. The number of amides is 1. The molecule has 0 saturated heterocycles. The minimum Gasteiger partial charge on any atom is -0.496 e. The van der Waals surface area contributed by atoms with Gasteiger partial charge in [0.15, 0.2) is 0 Å². The van der Waals surface area contributed by atoms with Crippen LogP contribution in [-0.4, -0.2) is 23.2 Å². The number of para-hydroxylation sites is 1. The molecule has 1 aromatic heterocycles. The van der Waals surface area contributed by atoms with Crippen molar-refractivity contribution >= 4 is 27.5 Å². The Balaban J connectivity index is 1.81. The molecule has 3 rings (SSSR count). The van der Waals surface area contributed by atoms with Gasteiger partial charge < -0.3 is 14.5 Å². The highest BCUT2D eigenvalue weighted by Gasteiger charge is 2.18. The van der Waals surface area contributed by atoms with Crippen molar-refractivity contribution in [3.63, 3.8) is 0 Å². The van der Waals surface area contributed by atoms with Crippen molar-refractivity contribution in [1.82, 2.24) is 10.2 Å². The molecule has 0 saturated carbocycles. The maximum absolute atomic E-state index is 12.1. The molecule has 0 atom stereocenters. The van der Waals surface area contributed by atoms with Crippen LogP contribution in [0.3, 0.4) is 0 Å². The maximum Gasteiger partial charge on any atom is 0.313 e. The van der Waals surface area contributed by atoms with Gasteiger partial charge in [-0.15, -0.1) is 10.2 Å². The second-order valence-electron chi connectivity index (χ2n) is 4.57. The molecule has 0 fully saturated rings. The topological polar surface area (TPSA) is 77.2 Å². The van der Waals surface area contributed by atoms with E-state index in [0.29, 0.717) is 17.0 Å². The van der Waals surface area contributed by atoms with E-state index in [2.05, 4.69) is 31.4 Å². The number of hydrogen-bond donors (Lipinski definition) is 1. The van der Waals surface area contributed by atoms with E-state index in [1.807, 2.05) is 24.3 Å². The van der Waals surface area contributed by atoms with Crippen molar-refractivity contribution in [3.05, 3.63) is 58.9 Å². The number of rotatable bonds is 4. The molecule has 3 aromatic rings. The zero-order valence-corrected chi connectivity index (χ0v) is 13.7. The van der Waals surface area contributed by atoms with Crippen molar-refractivity contribution in [2.45, 2.75) is 0 Å². The van der Waals surface area contributed by atoms with E-state index in [9.17, 15) is 4.79 Å². The lowest BCUT2D eigenvalue weighted by Gasteiger charge is -2.03. The number of benzene rings is 2. The molecule has 6 nitrogen and oxygen atoms in total. The van der Waals surface area contributed by atoms with Crippen molar-refractivity contribution < 1.29 is 13.9 Å². The van der Waals surface area contributed by atoms with E-state index in [-0.39, 0.29) is 11.8 Å². The lowest BCUT2D eigenvalue weighted by Crippen LogP contribution is -2.12. The summed E-state index contributed by atoms with van der Waals surface area (Å²) < 4.78 is 11.6. The molecule has 2 aromatic carbocycles. The molecule has 1 heterocycles. The van der Waals surface area contributed by atoms with Gasteiger partial charge in [0, 0.05) is 10.2 Å². The zero-order chi connectivity index (χ0) is 16.2. The van der Waals surface area contributed by atoms with E-state index in [1.54, 1.807) is 31.4 Å². The summed E-state index contributed by atoms with van der Waals surface area (Å²) in [4.78, 5) is 12.1. The van der Waals surface area contributed by atoms with Crippen LogP contribution in [0.15, 0.2) is 57.4 Å². The Morgan fingerprint density at radius 2 is 1.87 bits per heavy atom. The minimum atomic E-state index is -0.471. The molecule has 0 spiro atoms. The summed E-state index contributed by atoms with van der Waals surface area (Å²) in [7, 11) is 1.55. The average molecular weight is 374 g/mol. The maximum atomic E-state index is 12.1. The highest BCUT2D eigenvalue weighted by Crippen LogP contribution is 2.28. The van der Waals surface area contributed by atoms with Crippen LogP contribution < -0.4 is 10.1 Å². The molecule has 1 N–H and O–H groups in total. The minimum absolute atomic E-state index is 0.117. The van der Waals surface area contributed by atoms with Crippen LogP contribution in [0.25, 0.3) is 11.5 Å². The Labute approximate surface area is 140 Å². The number of hydrogen-bond acceptors (Lipinski definition) is 5. The van der Waals surface area contributed by atoms with Gasteiger partial charge in [-0.2, -0.15) is 0 Å². The molecular formula is C16H12BrN3O3. The number of methoxy groups -OCH3 is 1. The quantitative estimate of drug-likeness (QED) is 0.753. The third-order valence-electron chi connectivity index (χ3n) is 3.06. The summed E-state index contributed by atoms with van der Waals surface area (Å²) >= 11 is 3.33. The fourth-order valence-electron chi connectivity index (χ4n) is 1.96. The zero-order valence-electron chi connectivity index (χ0n) is 12.1. The molecule has 0 unspecified atom stereocenters. The van der Waals surface area contributed by atoms with Crippen molar-refractivity contribution in [1.29, 1.82) is 0 Å². The van der Waals surface area contributed by atoms with Gasteiger partial charge in [-0.25, -0.2) is 0 Å². The van der Waals surface area contributed by atoms with Gasteiger partial charge in [0.1, 0.15) is 5.75 Å². The van der Waals surface area contributed by atoms with Gasteiger partial charge in [0.05, 0.1) is 12.7 Å². The van der Waals surface area contributed by atoms with Crippen molar-refractivity contribution in [3.8, 4) is 17.2 Å². The normalized spacial score (nSPS) is 10.3. The molecule has 23 heavy (non-hydrogen) atoms. The van der Waals surface area contributed by atoms with Crippen LogP contribution in [0.1, 0.15) is 10.7 Å². The van der Waals surface area contributed by atoms with Crippen molar-refractivity contribution in [2.75, 3.05) is 12.4 Å². The van der Waals surface area contributed by atoms with Crippen LogP contribution in [0.2, 0.25) is 0 Å². The number of anilines is 1. The summed E-state index contributed by atoms with van der Waals surface area (Å²) in [6.07, 6.45) is 0. The monoisotopic (exact) mass is 373 g/mol. The van der Waals surface area contributed by atoms with Crippen LogP contribution >= 0.6 is 15.9 Å². The lowest BCUT2D eigenvalue weighted by molar-refractivity contribution is 0.0991. The summed E-state index contributed by atoms with van der Waals surface area (Å²) in [5, 5.41) is 10.4. The van der Waals surface area contributed by atoms with Gasteiger partial charge in [-0.1, -0.05) is 28.1 Å². The second-order valence-corrected chi connectivity index (χ2v) is 5.49. The Bertz CT molecular complexity index is 831. The SMILES string of the molecule is COc1ccccc1-c1nnc(C(=O)Nc2ccc(Br)cc2)o1. The third kappa shape index (κ3) is 3.40. The Kier molecular flexibility index (Phi) is 4.38. The summed E-state index contributed by atoms with van der Waals surface area (Å²) in [5.41, 5.74) is 1.26. The smallest absolute Gasteiger partial charge is 0.313 e. The molecule has 7 heteroatoms. The van der Waals surface area contributed by atoms with Gasteiger partial charge in [-0.3, -0.25) is 4.79 Å². The summed E-state index contributed by atoms with van der Waals surface area (Å²) in [6.45, 7) is 0. The first-order chi connectivity index (χ1) is 11.2. The van der Waals surface area contributed by atoms with Crippen LogP contribution in [0.5, 0.6) is 5.75 Å². The highest BCUT2D eigenvalue weighted by molar-refractivity contribution is 9.10. The molecule has 0 radical (unpaired) electrons. The molecule has 1 amide bonds. The standard InChI is InChI=1S/C16H12BrN3O3/c1-22-13-5-3-2-4-12(13)15-19-20-16(23-15)14(21)18-11-8-6-10(17)7-9-11/h2-9H,1H3,(H,18,21). The Morgan fingerprint density at radius 1 is 1.13 bits per heavy atom. The molecule has 0 aliphatic heterocycles. The predicted octanol–water partition coefficient (Wildman–Crippen LogP) is 3.76. The fourth-order valence-corrected chi connectivity index (χ4v) is 2.23. The largest absolute Gasteiger partial charge is 0.496 e. The number of aromatic nitrogens is 2. The Morgan fingerprint density at radius 3 is 2.61 bits per heavy atom. The van der Waals surface area contributed by atoms with Gasteiger partial charge in [0.25, 0.3) is 5.89 Å². The molecule has 0 aliphatic rings. The first-order valence-corrected chi connectivity index (χ1v) is 7.50. The second kappa shape index (κ2) is 6.62. The highest BCUT2D eigenvalue weighted by atomic mass is 79.9. The van der Waals surface area contributed by atoms with Crippen LogP contribution in [0.4, 0.5) is 5.69 Å². The molecule has 0 bridgehead atoms. The summed E-state index contributed by atoms with van der Waals surface area (Å²) in [5.74, 6) is 0.231. The van der Waals surface area contributed by atoms with E-state index in [1.165, 1.54) is 0 Å². The first-order valence-electron chi connectivity index (χ1n) is 6.71. The number of carbonyl (C=O) groups excluding carboxylic acids is 1. The number of nitrogens with one attached hydrogen (secondary N) is 1. The van der Waals surface area contributed by atoms with E-state index < -0.39 is 5.91 Å². The molecule has 116 valence electrons. The van der Waals surface area contributed by atoms with Crippen LogP contribution in [0, 0.1) is 0 Å². The van der Waals surface area contributed by atoms with Gasteiger partial charge in [0.2, 0.25) is 0 Å². The lowest BCUT2D eigenvalue weighted by atomic mass is 10.2. The first kappa shape index (κ1) is 15.2. The number of nitrogens with zero attached hydrogens (tertiary/aromatic N) is 2. The average Bonchev–Trinajstić information content (AvgIpc) is 3.07. The number of carbonyl (C=O) groups is 1. The fraction of sp³-hybridized carbons (Fsp3) is 0.0625. The van der Waals surface area contributed by atoms with E-state index >= 15 is 0 Å². The summed E-state index contributed by atoms with van der Waals surface area (Å²) in [6, 6.07) is 14.4. The number of halogens is 1. The van der Waals surface area contributed by atoms with E-state index in [0.717, 1.165) is 4.47 Å². The van der Waals surface area contributed by atoms with Gasteiger partial charge in [-0.05, 0) is 36.4 Å². The van der Waals surface area contributed by atoms with Crippen molar-refractivity contribution in [2.24, 2.45) is 0 Å². The predicted molar refractivity (Wildman–Crippen MR) is 88.4 cm³/mol.